The molecule has 0 radical (unpaired) electrons. The highest BCUT2D eigenvalue weighted by Crippen LogP contribution is 2.30. The normalized spacial score (nSPS) is 10.7. The first kappa shape index (κ1) is 20.1. The smallest absolute Gasteiger partial charge is 0.175 e. The summed E-state index contributed by atoms with van der Waals surface area (Å²) < 4.78 is 3.01. The fraction of sp³-hybridized carbons (Fsp3) is 0.158. The fourth-order valence-electron chi connectivity index (χ4n) is 2.66. The van der Waals surface area contributed by atoms with Crippen LogP contribution in [0.5, 0.6) is 0 Å². The van der Waals surface area contributed by atoms with E-state index >= 15 is 0 Å². The summed E-state index contributed by atoms with van der Waals surface area (Å²) in [5.41, 5.74) is 4.56. The van der Waals surface area contributed by atoms with Crippen LogP contribution in [-0.4, -0.2) is 14.9 Å². The molecule has 27 heavy (non-hydrogen) atoms. The molecule has 140 valence electrons. The van der Waals surface area contributed by atoms with Crippen LogP contribution in [0.2, 0.25) is 10.0 Å². The molecule has 0 atom stereocenters. The lowest BCUT2D eigenvalue weighted by molar-refractivity contribution is 0.659. The maximum Gasteiger partial charge on any atom is 0.175 e. The van der Waals surface area contributed by atoms with Crippen molar-refractivity contribution >= 4 is 67.8 Å². The van der Waals surface area contributed by atoms with E-state index < -0.39 is 0 Å². The monoisotopic (exact) mass is 482 g/mol. The first-order valence-electron chi connectivity index (χ1n) is 8.15. The molecule has 0 fully saturated rings. The second-order valence-electron chi connectivity index (χ2n) is 6.01. The molecule has 4 nitrogen and oxygen atoms in total. The Hall–Kier alpha value is -1.60. The third-order valence-corrected chi connectivity index (χ3v) is 5.62. The first-order chi connectivity index (χ1) is 12.8. The molecular weight excluding hydrogens is 467 g/mol. The SMILES string of the molecule is Cc1nn(Cc2ccc(Br)cc2)c(C)c1NC(=S)Nc1cccc(Cl)c1Cl. The van der Waals surface area contributed by atoms with Gasteiger partial charge in [0.25, 0.3) is 0 Å². The average Bonchev–Trinajstić information content (AvgIpc) is 2.88. The molecule has 1 heterocycles. The van der Waals surface area contributed by atoms with Crippen molar-refractivity contribution in [3.8, 4) is 0 Å². The minimum absolute atomic E-state index is 0.425. The number of anilines is 2. The minimum atomic E-state index is 0.425. The summed E-state index contributed by atoms with van der Waals surface area (Å²) in [5, 5.41) is 12.3. The number of aromatic nitrogens is 2. The van der Waals surface area contributed by atoms with Gasteiger partial charge in [-0.15, -0.1) is 0 Å². The number of rotatable bonds is 4. The van der Waals surface area contributed by atoms with Gasteiger partial charge in [-0.3, -0.25) is 4.68 Å². The maximum absolute atomic E-state index is 6.21. The number of hydrogen-bond donors (Lipinski definition) is 2. The molecule has 0 saturated heterocycles. The topological polar surface area (TPSA) is 41.9 Å². The predicted octanol–water partition coefficient (Wildman–Crippen LogP) is 6.43. The Morgan fingerprint density at radius 1 is 1.11 bits per heavy atom. The summed E-state index contributed by atoms with van der Waals surface area (Å²) in [6.45, 7) is 4.64. The highest BCUT2D eigenvalue weighted by atomic mass is 79.9. The predicted molar refractivity (Wildman–Crippen MR) is 121 cm³/mol. The van der Waals surface area contributed by atoms with E-state index in [4.69, 9.17) is 35.4 Å². The van der Waals surface area contributed by atoms with Gasteiger partial charge in [-0.2, -0.15) is 5.10 Å². The molecule has 1 aromatic heterocycles. The van der Waals surface area contributed by atoms with Gasteiger partial charge >= 0.3 is 0 Å². The van der Waals surface area contributed by atoms with Gasteiger partial charge < -0.3 is 10.6 Å². The van der Waals surface area contributed by atoms with Crippen LogP contribution in [0.15, 0.2) is 46.9 Å². The summed E-state index contributed by atoms with van der Waals surface area (Å²) in [6.07, 6.45) is 0. The number of nitrogens with zero attached hydrogens (tertiary/aromatic N) is 2. The molecule has 0 aliphatic carbocycles. The first-order valence-corrected chi connectivity index (χ1v) is 10.1. The lowest BCUT2D eigenvalue weighted by Gasteiger charge is -2.13. The highest BCUT2D eigenvalue weighted by molar-refractivity contribution is 9.10. The van der Waals surface area contributed by atoms with Gasteiger partial charge in [0.2, 0.25) is 0 Å². The maximum atomic E-state index is 6.21. The molecule has 2 aromatic carbocycles. The van der Waals surface area contributed by atoms with Gasteiger partial charge in [0.15, 0.2) is 5.11 Å². The van der Waals surface area contributed by atoms with Crippen molar-refractivity contribution in [1.82, 2.24) is 9.78 Å². The van der Waals surface area contributed by atoms with E-state index in [0.29, 0.717) is 27.4 Å². The second-order valence-corrected chi connectivity index (χ2v) is 8.12. The van der Waals surface area contributed by atoms with Crippen LogP contribution >= 0.6 is 51.3 Å². The van der Waals surface area contributed by atoms with Crippen molar-refractivity contribution in [2.45, 2.75) is 20.4 Å². The average molecular weight is 484 g/mol. The number of nitrogens with one attached hydrogen (secondary N) is 2. The van der Waals surface area contributed by atoms with Crippen LogP contribution in [0.1, 0.15) is 17.0 Å². The largest absolute Gasteiger partial charge is 0.331 e. The third kappa shape index (κ3) is 4.82. The van der Waals surface area contributed by atoms with E-state index in [9.17, 15) is 0 Å². The number of benzene rings is 2. The summed E-state index contributed by atoms with van der Waals surface area (Å²) in [7, 11) is 0. The van der Waals surface area contributed by atoms with Crippen LogP contribution in [0.4, 0.5) is 11.4 Å². The van der Waals surface area contributed by atoms with Crippen molar-refractivity contribution in [3.05, 3.63) is 73.9 Å². The van der Waals surface area contributed by atoms with Crippen LogP contribution in [-0.2, 0) is 6.54 Å². The Balaban J connectivity index is 1.75. The minimum Gasteiger partial charge on any atom is -0.331 e. The Bertz CT molecular complexity index is 986. The van der Waals surface area contributed by atoms with E-state index in [0.717, 1.165) is 21.5 Å². The van der Waals surface area contributed by atoms with Gasteiger partial charge in [0.05, 0.1) is 39.4 Å². The lowest BCUT2D eigenvalue weighted by atomic mass is 10.2. The summed E-state index contributed by atoms with van der Waals surface area (Å²) >= 11 is 21.1. The van der Waals surface area contributed by atoms with Crippen molar-refractivity contribution in [3.63, 3.8) is 0 Å². The van der Waals surface area contributed by atoms with Gasteiger partial charge in [-0.1, -0.05) is 57.3 Å². The third-order valence-electron chi connectivity index (χ3n) is 4.07. The second kappa shape index (κ2) is 8.61. The molecule has 0 saturated carbocycles. The molecule has 0 unspecified atom stereocenters. The summed E-state index contributed by atoms with van der Waals surface area (Å²) in [4.78, 5) is 0. The van der Waals surface area contributed by atoms with Crippen molar-refractivity contribution in [2.24, 2.45) is 0 Å². The van der Waals surface area contributed by atoms with Crippen molar-refractivity contribution in [2.75, 3.05) is 10.6 Å². The molecule has 3 rings (SSSR count). The molecule has 8 heteroatoms. The van der Waals surface area contributed by atoms with E-state index in [1.165, 1.54) is 5.56 Å². The van der Waals surface area contributed by atoms with Gasteiger partial charge in [-0.25, -0.2) is 0 Å². The van der Waals surface area contributed by atoms with Crippen LogP contribution in [0.25, 0.3) is 0 Å². The highest BCUT2D eigenvalue weighted by Gasteiger charge is 2.14. The molecule has 0 aliphatic heterocycles. The zero-order valence-electron chi connectivity index (χ0n) is 14.7. The van der Waals surface area contributed by atoms with E-state index in [1.807, 2.05) is 42.8 Å². The molecular formula is C19H17BrCl2N4S. The van der Waals surface area contributed by atoms with Crippen molar-refractivity contribution in [1.29, 1.82) is 0 Å². The molecule has 0 aliphatic rings. The Morgan fingerprint density at radius 3 is 2.52 bits per heavy atom. The van der Waals surface area contributed by atoms with E-state index in [-0.39, 0.29) is 0 Å². The van der Waals surface area contributed by atoms with E-state index in [1.54, 1.807) is 6.07 Å². The van der Waals surface area contributed by atoms with Gasteiger partial charge in [0, 0.05) is 4.47 Å². The standard InChI is InChI=1S/C19H17BrCl2N4S/c1-11-18(24-19(27)23-16-5-3-4-15(21)17(16)22)12(2)26(25-11)10-13-6-8-14(20)9-7-13/h3-9H,10H2,1-2H3,(H2,23,24,27). The summed E-state index contributed by atoms with van der Waals surface area (Å²) in [5.74, 6) is 0. The lowest BCUT2D eigenvalue weighted by Crippen LogP contribution is -2.20. The number of hydrogen-bond acceptors (Lipinski definition) is 2. The van der Waals surface area contributed by atoms with Crippen LogP contribution < -0.4 is 10.6 Å². The molecule has 2 N–H and O–H groups in total. The molecule has 0 amide bonds. The number of aryl methyl sites for hydroxylation is 1. The van der Waals surface area contributed by atoms with E-state index in [2.05, 4.69) is 43.8 Å². The number of thiocarbonyl (C=S) groups is 1. The van der Waals surface area contributed by atoms with Crippen molar-refractivity contribution < 1.29 is 0 Å². The molecule has 0 spiro atoms. The van der Waals surface area contributed by atoms with Crippen LogP contribution in [0.3, 0.4) is 0 Å². The van der Waals surface area contributed by atoms with Gasteiger partial charge in [-0.05, 0) is 55.9 Å². The Morgan fingerprint density at radius 2 is 1.81 bits per heavy atom. The molecule has 3 aromatic rings. The Labute approximate surface area is 182 Å². The van der Waals surface area contributed by atoms with Crippen LogP contribution in [0, 0.1) is 13.8 Å². The zero-order valence-corrected chi connectivity index (χ0v) is 18.6. The molecule has 0 bridgehead atoms. The fourth-order valence-corrected chi connectivity index (χ4v) is 3.49. The summed E-state index contributed by atoms with van der Waals surface area (Å²) in [6, 6.07) is 13.5. The zero-order chi connectivity index (χ0) is 19.6. The number of halogens is 3. The Kier molecular flexibility index (Phi) is 6.42. The quantitative estimate of drug-likeness (QED) is 0.419. The van der Waals surface area contributed by atoms with Gasteiger partial charge in [0.1, 0.15) is 0 Å².